The van der Waals surface area contributed by atoms with E-state index in [2.05, 4.69) is 27.4 Å². The van der Waals surface area contributed by atoms with Crippen molar-refractivity contribution >= 4 is 17.6 Å². The highest BCUT2D eigenvalue weighted by Crippen LogP contribution is 2.18. The number of methoxy groups -OCH3 is 1. The molecule has 0 aromatic heterocycles. The lowest BCUT2D eigenvalue weighted by Crippen LogP contribution is -2.39. The van der Waals surface area contributed by atoms with Crippen LogP contribution >= 0.6 is 0 Å². The first-order valence-electron chi connectivity index (χ1n) is 10.4. The summed E-state index contributed by atoms with van der Waals surface area (Å²) in [6, 6.07) is 11.9. The zero-order chi connectivity index (χ0) is 22.1. The van der Waals surface area contributed by atoms with Crippen molar-refractivity contribution in [3.63, 3.8) is 0 Å². The van der Waals surface area contributed by atoms with Crippen molar-refractivity contribution in [2.75, 3.05) is 51.8 Å². The number of nitrogens with zero attached hydrogens (tertiary/aromatic N) is 2. The van der Waals surface area contributed by atoms with Crippen LogP contribution in [0.5, 0.6) is 5.75 Å². The molecule has 3 rings (SSSR count). The summed E-state index contributed by atoms with van der Waals surface area (Å²) in [4.78, 5) is 19.7. The number of carbonyl (C=O) groups is 1. The Hall–Kier alpha value is -2.97. The highest BCUT2D eigenvalue weighted by atomic mass is 19.1. The molecule has 31 heavy (non-hydrogen) atoms. The molecule has 2 aromatic carbocycles. The van der Waals surface area contributed by atoms with Crippen molar-refractivity contribution < 1.29 is 18.7 Å². The van der Waals surface area contributed by atoms with Gasteiger partial charge in [0, 0.05) is 30.9 Å². The minimum atomic E-state index is -0.520. The van der Waals surface area contributed by atoms with Crippen LogP contribution < -0.4 is 15.4 Å². The molecular formula is C23H29FN4O3. The van der Waals surface area contributed by atoms with Gasteiger partial charge in [-0.1, -0.05) is 25.1 Å². The van der Waals surface area contributed by atoms with Crippen LogP contribution in [0.3, 0.4) is 0 Å². The monoisotopic (exact) mass is 428 g/mol. The van der Waals surface area contributed by atoms with E-state index in [0.717, 1.165) is 50.5 Å². The van der Waals surface area contributed by atoms with Gasteiger partial charge < -0.3 is 14.8 Å². The van der Waals surface area contributed by atoms with Gasteiger partial charge in [0.25, 0.3) is 5.91 Å². The van der Waals surface area contributed by atoms with Crippen LogP contribution in [-0.4, -0.2) is 63.3 Å². The predicted octanol–water partition coefficient (Wildman–Crippen LogP) is 2.93. The number of ether oxygens (including phenoxy) is 2. The fourth-order valence-corrected chi connectivity index (χ4v) is 3.30. The van der Waals surface area contributed by atoms with Gasteiger partial charge in [0.15, 0.2) is 11.6 Å². The maximum Gasteiger partial charge on any atom is 0.258 e. The molecule has 0 radical (unpaired) electrons. The first-order valence-corrected chi connectivity index (χ1v) is 10.4. The minimum Gasteiger partial charge on any atom is -0.494 e. The molecule has 1 aliphatic heterocycles. The highest BCUT2D eigenvalue weighted by molar-refractivity contribution is 6.10. The van der Waals surface area contributed by atoms with Crippen LogP contribution in [0.1, 0.15) is 22.8 Å². The second-order valence-corrected chi connectivity index (χ2v) is 7.12. The first kappa shape index (κ1) is 22.7. The van der Waals surface area contributed by atoms with E-state index in [0.29, 0.717) is 12.5 Å². The fraction of sp³-hybridized carbons (Fsp3) is 0.391. The van der Waals surface area contributed by atoms with Gasteiger partial charge in [-0.25, -0.2) is 4.39 Å². The Labute approximate surface area is 182 Å². The maximum absolute atomic E-state index is 13.7. The number of aliphatic imine (C=N–C) groups is 1. The number of halogens is 1. The normalized spacial score (nSPS) is 14.9. The predicted molar refractivity (Wildman–Crippen MR) is 119 cm³/mol. The lowest BCUT2D eigenvalue weighted by Gasteiger charge is -2.25. The number of benzene rings is 2. The molecule has 0 spiro atoms. The Morgan fingerprint density at radius 1 is 1.23 bits per heavy atom. The molecule has 2 aromatic rings. The van der Waals surface area contributed by atoms with E-state index in [4.69, 9.17) is 9.47 Å². The second-order valence-electron chi connectivity index (χ2n) is 7.12. The molecule has 0 unspecified atom stereocenters. The zero-order valence-corrected chi connectivity index (χ0v) is 18.0. The summed E-state index contributed by atoms with van der Waals surface area (Å²) in [5.74, 6) is -0.552. The number of rotatable bonds is 7. The van der Waals surface area contributed by atoms with Crippen LogP contribution in [0.4, 0.5) is 10.1 Å². The largest absolute Gasteiger partial charge is 0.494 e. The van der Waals surface area contributed by atoms with E-state index in [1.54, 1.807) is 0 Å². The number of anilines is 1. The van der Waals surface area contributed by atoms with Crippen LogP contribution in [0, 0.1) is 5.82 Å². The molecule has 1 amide bonds. The van der Waals surface area contributed by atoms with Gasteiger partial charge in [0.1, 0.15) is 0 Å². The molecule has 1 heterocycles. The van der Waals surface area contributed by atoms with Gasteiger partial charge in [0.05, 0.1) is 26.9 Å². The molecule has 7 nitrogen and oxygen atoms in total. The van der Waals surface area contributed by atoms with E-state index in [-0.39, 0.29) is 11.3 Å². The summed E-state index contributed by atoms with van der Waals surface area (Å²) < 4.78 is 24.1. The number of amides is 1. The Kier molecular flexibility index (Phi) is 8.37. The molecule has 1 aliphatic rings. The third-order valence-corrected chi connectivity index (χ3v) is 5.09. The summed E-state index contributed by atoms with van der Waals surface area (Å²) in [7, 11) is 1.36. The van der Waals surface area contributed by atoms with Gasteiger partial charge in [-0.15, -0.1) is 0 Å². The third kappa shape index (κ3) is 6.50. The topological polar surface area (TPSA) is 75.2 Å². The summed E-state index contributed by atoms with van der Waals surface area (Å²) in [6.07, 6.45) is 0.841. The number of aryl methyl sites for hydroxylation is 1. The van der Waals surface area contributed by atoms with Crippen molar-refractivity contribution in [1.29, 1.82) is 0 Å². The van der Waals surface area contributed by atoms with Gasteiger partial charge >= 0.3 is 0 Å². The average Bonchev–Trinajstić information content (AvgIpc) is 2.80. The van der Waals surface area contributed by atoms with E-state index < -0.39 is 11.7 Å². The maximum atomic E-state index is 13.7. The SMILES string of the molecule is CCc1ccccc1NC(=NCCN1CCOCC1)NC(=O)c1ccc(F)c(OC)c1. The molecule has 1 fully saturated rings. The fourth-order valence-electron chi connectivity index (χ4n) is 3.30. The summed E-state index contributed by atoms with van der Waals surface area (Å²) in [6.45, 7) is 6.55. The number of hydrogen-bond donors (Lipinski definition) is 2. The van der Waals surface area contributed by atoms with Gasteiger partial charge in [-0.05, 0) is 36.2 Å². The molecule has 0 aliphatic carbocycles. The molecule has 8 heteroatoms. The number of carbonyl (C=O) groups excluding carboxylic acids is 1. The third-order valence-electron chi connectivity index (χ3n) is 5.09. The standard InChI is InChI=1S/C23H29FN4O3/c1-3-17-6-4-5-7-20(17)26-23(25-10-11-28-12-14-31-15-13-28)27-22(29)18-8-9-19(24)21(16-18)30-2/h4-9,16H,3,10-15H2,1-2H3,(H2,25,26,27,29). The van der Waals surface area contributed by atoms with E-state index in [9.17, 15) is 9.18 Å². The van der Waals surface area contributed by atoms with Crippen molar-refractivity contribution in [3.8, 4) is 5.75 Å². The number of para-hydroxylation sites is 1. The molecule has 166 valence electrons. The molecule has 0 bridgehead atoms. The number of nitrogens with one attached hydrogen (secondary N) is 2. The highest BCUT2D eigenvalue weighted by Gasteiger charge is 2.14. The van der Waals surface area contributed by atoms with Crippen molar-refractivity contribution in [3.05, 3.63) is 59.4 Å². The van der Waals surface area contributed by atoms with Crippen LogP contribution in [-0.2, 0) is 11.2 Å². The van der Waals surface area contributed by atoms with Gasteiger partial charge in [0.2, 0.25) is 5.96 Å². The molecule has 0 saturated carbocycles. The van der Waals surface area contributed by atoms with Crippen LogP contribution in [0.15, 0.2) is 47.5 Å². The summed E-state index contributed by atoms with van der Waals surface area (Å²) in [5.41, 5.74) is 2.28. The quantitative estimate of drug-likeness (QED) is 0.524. The average molecular weight is 429 g/mol. The Morgan fingerprint density at radius 3 is 2.74 bits per heavy atom. The Bertz CT molecular complexity index is 913. The lowest BCUT2D eigenvalue weighted by molar-refractivity contribution is 0.0394. The van der Waals surface area contributed by atoms with Gasteiger partial charge in [-0.2, -0.15) is 0 Å². The first-order chi connectivity index (χ1) is 15.1. The molecule has 0 atom stereocenters. The smallest absolute Gasteiger partial charge is 0.258 e. The number of morpholine rings is 1. The summed E-state index contributed by atoms with van der Waals surface area (Å²) in [5, 5.41) is 6.07. The number of guanidine groups is 1. The van der Waals surface area contributed by atoms with E-state index in [1.165, 1.54) is 25.3 Å². The Morgan fingerprint density at radius 2 is 2.00 bits per heavy atom. The van der Waals surface area contributed by atoms with Crippen molar-refractivity contribution in [2.24, 2.45) is 4.99 Å². The van der Waals surface area contributed by atoms with Crippen molar-refractivity contribution in [1.82, 2.24) is 10.2 Å². The molecule has 2 N–H and O–H groups in total. The van der Waals surface area contributed by atoms with Crippen molar-refractivity contribution in [2.45, 2.75) is 13.3 Å². The molecule has 1 saturated heterocycles. The van der Waals surface area contributed by atoms with Gasteiger partial charge in [-0.3, -0.25) is 20.0 Å². The number of hydrogen-bond acceptors (Lipinski definition) is 5. The Balaban J connectivity index is 1.75. The minimum absolute atomic E-state index is 0.0164. The van der Waals surface area contributed by atoms with Crippen LogP contribution in [0.2, 0.25) is 0 Å². The molecular weight excluding hydrogens is 399 g/mol. The van der Waals surface area contributed by atoms with E-state index >= 15 is 0 Å². The van der Waals surface area contributed by atoms with E-state index in [1.807, 2.05) is 24.3 Å². The zero-order valence-electron chi connectivity index (χ0n) is 18.0. The summed E-state index contributed by atoms with van der Waals surface area (Å²) >= 11 is 0. The van der Waals surface area contributed by atoms with Crippen LogP contribution in [0.25, 0.3) is 0 Å². The second kappa shape index (κ2) is 11.4. The lowest BCUT2D eigenvalue weighted by atomic mass is 10.1.